The molecule has 1 aliphatic rings. The van der Waals surface area contributed by atoms with Gasteiger partial charge in [0.2, 0.25) is 11.8 Å². The second-order valence-corrected chi connectivity index (χ2v) is 6.95. The van der Waals surface area contributed by atoms with E-state index in [1.807, 2.05) is 27.1 Å². The third kappa shape index (κ3) is 3.76. The van der Waals surface area contributed by atoms with Gasteiger partial charge in [0.25, 0.3) is 0 Å². The first kappa shape index (κ1) is 17.1. The second kappa shape index (κ2) is 7.52. The van der Waals surface area contributed by atoms with E-state index < -0.39 is 0 Å². The first-order valence-electron chi connectivity index (χ1n) is 8.32. The molecule has 3 aromatic heterocycles. The van der Waals surface area contributed by atoms with Gasteiger partial charge in [-0.05, 0) is 0 Å². The molecule has 4 heterocycles. The second-order valence-electron chi connectivity index (χ2n) is 6.08. The molecule has 0 radical (unpaired) electrons. The van der Waals surface area contributed by atoms with Crippen molar-refractivity contribution in [3.63, 3.8) is 0 Å². The maximum absolute atomic E-state index is 12.6. The quantitative estimate of drug-likeness (QED) is 0.631. The number of hydrogen-bond donors (Lipinski definition) is 0. The largest absolute Gasteiger partial charge is 0.377 e. The van der Waals surface area contributed by atoms with Crippen LogP contribution in [-0.2, 0) is 33.7 Å². The normalized spacial score (nSPS) is 17.9. The number of morpholine rings is 1. The van der Waals surface area contributed by atoms with Gasteiger partial charge in [0, 0.05) is 38.0 Å². The number of thiazole rings is 1. The van der Waals surface area contributed by atoms with Crippen LogP contribution in [0.2, 0.25) is 0 Å². The molecule has 4 rings (SSSR count). The van der Waals surface area contributed by atoms with Crippen LogP contribution in [0.4, 0.5) is 0 Å². The number of rotatable bonds is 6. The number of carbonyl (C=O) groups is 1. The van der Waals surface area contributed by atoms with Crippen molar-refractivity contribution < 1.29 is 18.8 Å². The van der Waals surface area contributed by atoms with Crippen molar-refractivity contribution in [3.8, 4) is 0 Å². The molecule has 0 aliphatic carbocycles. The van der Waals surface area contributed by atoms with Crippen molar-refractivity contribution in [2.24, 2.45) is 0 Å². The SMILES string of the molecule is COCc1noc(CC2CN(C(=O)Cc3cn4ccsc4n3)CCO2)n1. The fraction of sp³-hybridized carbons (Fsp3) is 0.500. The summed E-state index contributed by atoms with van der Waals surface area (Å²) in [7, 11) is 1.58. The van der Waals surface area contributed by atoms with Crippen LogP contribution in [0.15, 0.2) is 22.3 Å². The molecule has 0 aromatic carbocycles. The highest BCUT2D eigenvalue weighted by Crippen LogP contribution is 2.15. The molecule has 0 bridgehead atoms. The minimum atomic E-state index is -0.158. The smallest absolute Gasteiger partial charge is 0.229 e. The van der Waals surface area contributed by atoms with Gasteiger partial charge in [0.1, 0.15) is 6.61 Å². The van der Waals surface area contributed by atoms with Crippen molar-refractivity contribution in [2.75, 3.05) is 26.8 Å². The molecule has 10 heteroatoms. The standard InChI is InChI=1S/C16H19N5O4S/c1-23-10-13-18-14(25-19-13)7-12-9-20(2-4-24-12)15(22)6-11-8-21-3-5-26-16(21)17-11/h3,5,8,12H,2,4,6-7,9-10H2,1H3. The Bertz CT molecular complexity index is 860. The van der Waals surface area contributed by atoms with Crippen molar-refractivity contribution in [2.45, 2.75) is 25.6 Å². The molecule has 0 spiro atoms. The monoisotopic (exact) mass is 377 g/mol. The van der Waals surface area contributed by atoms with Crippen LogP contribution in [0.1, 0.15) is 17.4 Å². The molecule has 1 unspecified atom stereocenters. The Hall–Kier alpha value is -2.30. The predicted molar refractivity (Wildman–Crippen MR) is 91.8 cm³/mol. The Labute approximate surface area is 153 Å². The Morgan fingerprint density at radius 3 is 3.23 bits per heavy atom. The zero-order chi connectivity index (χ0) is 17.9. The molecule has 9 nitrogen and oxygen atoms in total. The highest BCUT2D eigenvalue weighted by Gasteiger charge is 2.26. The highest BCUT2D eigenvalue weighted by molar-refractivity contribution is 7.15. The van der Waals surface area contributed by atoms with E-state index in [1.54, 1.807) is 18.4 Å². The molecule has 0 N–H and O–H groups in total. The number of amides is 1. The lowest BCUT2D eigenvalue weighted by molar-refractivity contribution is -0.138. The van der Waals surface area contributed by atoms with Gasteiger partial charge in [-0.25, -0.2) is 4.98 Å². The third-order valence-corrected chi connectivity index (χ3v) is 4.92. The molecule has 0 saturated carbocycles. The van der Waals surface area contributed by atoms with E-state index in [9.17, 15) is 4.79 Å². The number of ether oxygens (including phenoxy) is 2. The zero-order valence-corrected chi connectivity index (χ0v) is 15.1. The first-order valence-corrected chi connectivity index (χ1v) is 9.20. The van der Waals surface area contributed by atoms with E-state index in [1.165, 1.54) is 0 Å². The summed E-state index contributed by atoms with van der Waals surface area (Å²) in [4.78, 5) is 24.0. The zero-order valence-electron chi connectivity index (χ0n) is 14.3. The predicted octanol–water partition coefficient (Wildman–Crippen LogP) is 0.938. The van der Waals surface area contributed by atoms with Gasteiger partial charge in [0.15, 0.2) is 10.8 Å². The van der Waals surface area contributed by atoms with Gasteiger partial charge in [-0.1, -0.05) is 5.16 Å². The summed E-state index contributed by atoms with van der Waals surface area (Å²) < 4.78 is 17.9. The molecule has 3 aromatic rings. The number of aromatic nitrogens is 4. The van der Waals surface area contributed by atoms with E-state index in [4.69, 9.17) is 14.0 Å². The number of carbonyl (C=O) groups excluding carboxylic acids is 1. The molecular formula is C16H19N5O4S. The molecule has 1 aliphatic heterocycles. The summed E-state index contributed by atoms with van der Waals surface area (Å²) in [6, 6.07) is 0. The lowest BCUT2D eigenvalue weighted by atomic mass is 10.2. The molecule has 26 heavy (non-hydrogen) atoms. The van der Waals surface area contributed by atoms with Crippen LogP contribution in [-0.4, -0.2) is 63.2 Å². The van der Waals surface area contributed by atoms with Crippen LogP contribution in [0.3, 0.4) is 0 Å². The molecule has 1 amide bonds. The summed E-state index contributed by atoms with van der Waals surface area (Å²) >= 11 is 1.55. The van der Waals surface area contributed by atoms with Crippen molar-refractivity contribution in [1.29, 1.82) is 0 Å². The van der Waals surface area contributed by atoms with Crippen molar-refractivity contribution in [1.82, 2.24) is 24.4 Å². The maximum Gasteiger partial charge on any atom is 0.229 e. The van der Waals surface area contributed by atoms with Crippen LogP contribution in [0.25, 0.3) is 4.96 Å². The van der Waals surface area contributed by atoms with E-state index in [2.05, 4.69) is 15.1 Å². The minimum Gasteiger partial charge on any atom is -0.377 e. The summed E-state index contributed by atoms with van der Waals surface area (Å²) in [6.45, 7) is 1.88. The van der Waals surface area contributed by atoms with Gasteiger partial charge >= 0.3 is 0 Å². The number of methoxy groups -OCH3 is 1. The van der Waals surface area contributed by atoms with Crippen LogP contribution in [0, 0.1) is 0 Å². The van der Waals surface area contributed by atoms with Gasteiger partial charge in [-0.3, -0.25) is 9.20 Å². The number of fused-ring (bicyclic) bond motifs is 1. The van der Waals surface area contributed by atoms with Crippen LogP contribution < -0.4 is 0 Å². The number of imidazole rings is 1. The van der Waals surface area contributed by atoms with E-state index in [-0.39, 0.29) is 12.0 Å². The summed E-state index contributed by atoms with van der Waals surface area (Å²) in [5.74, 6) is 1.05. The minimum absolute atomic E-state index is 0.0506. The topological polar surface area (TPSA) is 95.0 Å². The third-order valence-electron chi connectivity index (χ3n) is 4.15. The van der Waals surface area contributed by atoms with Gasteiger partial charge < -0.3 is 18.9 Å². The first-order chi connectivity index (χ1) is 12.7. The fourth-order valence-electron chi connectivity index (χ4n) is 2.95. The Balaban J connectivity index is 1.34. The number of nitrogens with zero attached hydrogens (tertiary/aromatic N) is 5. The van der Waals surface area contributed by atoms with Crippen molar-refractivity contribution >= 4 is 22.2 Å². The molecule has 1 fully saturated rings. The average Bonchev–Trinajstić information content (AvgIpc) is 3.32. The van der Waals surface area contributed by atoms with Crippen molar-refractivity contribution in [3.05, 3.63) is 35.2 Å². The average molecular weight is 377 g/mol. The van der Waals surface area contributed by atoms with Gasteiger partial charge in [0.05, 0.1) is 31.2 Å². The lowest BCUT2D eigenvalue weighted by Crippen LogP contribution is -2.47. The Morgan fingerprint density at radius 1 is 1.46 bits per heavy atom. The molecule has 138 valence electrons. The summed E-state index contributed by atoms with van der Waals surface area (Å²) in [5, 5.41) is 5.81. The lowest BCUT2D eigenvalue weighted by Gasteiger charge is -2.32. The molecule has 1 atom stereocenters. The number of hydrogen-bond acceptors (Lipinski definition) is 8. The summed E-state index contributed by atoms with van der Waals surface area (Å²) in [6.07, 6.45) is 4.44. The van der Waals surface area contributed by atoms with Gasteiger partial charge in [-0.2, -0.15) is 4.98 Å². The Kier molecular flexibility index (Phi) is 4.96. The van der Waals surface area contributed by atoms with E-state index >= 15 is 0 Å². The summed E-state index contributed by atoms with van der Waals surface area (Å²) in [5.41, 5.74) is 0.783. The van der Waals surface area contributed by atoms with Crippen LogP contribution >= 0.6 is 11.3 Å². The Morgan fingerprint density at radius 2 is 2.38 bits per heavy atom. The molecular weight excluding hydrogens is 358 g/mol. The molecule has 1 saturated heterocycles. The van der Waals surface area contributed by atoms with E-state index in [0.717, 1.165) is 10.7 Å². The van der Waals surface area contributed by atoms with Gasteiger partial charge in [-0.15, -0.1) is 11.3 Å². The van der Waals surface area contributed by atoms with E-state index in [0.29, 0.717) is 50.9 Å². The maximum atomic E-state index is 12.6. The fourth-order valence-corrected chi connectivity index (χ4v) is 3.67. The highest BCUT2D eigenvalue weighted by atomic mass is 32.1. The van der Waals surface area contributed by atoms with Crippen LogP contribution in [0.5, 0.6) is 0 Å².